The summed E-state index contributed by atoms with van der Waals surface area (Å²) in [6.45, 7) is 0.289. The topological polar surface area (TPSA) is 97.1 Å². The molecule has 0 aliphatic carbocycles. The Morgan fingerprint density at radius 1 is 1.54 bits per heavy atom. The summed E-state index contributed by atoms with van der Waals surface area (Å²) in [6.07, 6.45) is 1.62. The molecule has 2 amide bonds. The summed E-state index contributed by atoms with van der Waals surface area (Å²) in [5, 5.41) is 2.38. The maximum atomic E-state index is 10.9. The molecule has 70 valence electrons. The average molecular weight is 200 g/mol. The zero-order valence-electron chi connectivity index (χ0n) is 6.61. The number of hydrogen-bond donors (Lipinski definition) is 3. The fourth-order valence-corrected chi connectivity index (χ4v) is 1.18. The number of carbonyl (C=O) groups excluding carboxylic acids is 2. The van der Waals surface area contributed by atoms with Crippen molar-refractivity contribution in [3.05, 3.63) is 16.6 Å². The van der Waals surface area contributed by atoms with Gasteiger partial charge in [-0.3, -0.25) is 20.0 Å². The zero-order chi connectivity index (χ0) is 9.68. The Morgan fingerprint density at radius 2 is 2.31 bits per heavy atom. The summed E-state index contributed by atoms with van der Waals surface area (Å²) in [7, 11) is 0. The van der Waals surface area contributed by atoms with Gasteiger partial charge >= 0.3 is 11.8 Å². The third kappa shape index (κ3) is 2.80. The van der Waals surface area contributed by atoms with Gasteiger partial charge in [0.25, 0.3) is 0 Å². The molecule has 6 nitrogen and oxygen atoms in total. The SMILES string of the molecule is NNC(=O)C(=O)NCc1cncs1. The highest BCUT2D eigenvalue weighted by Gasteiger charge is 2.10. The monoisotopic (exact) mass is 200 g/mol. The van der Waals surface area contributed by atoms with Gasteiger partial charge in [0.2, 0.25) is 0 Å². The number of aromatic nitrogens is 1. The van der Waals surface area contributed by atoms with Gasteiger partial charge in [-0.1, -0.05) is 0 Å². The van der Waals surface area contributed by atoms with Gasteiger partial charge < -0.3 is 5.32 Å². The number of thiazole rings is 1. The molecule has 0 fully saturated rings. The first-order chi connectivity index (χ1) is 6.24. The van der Waals surface area contributed by atoms with Crippen molar-refractivity contribution >= 4 is 23.2 Å². The number of nitrogens with zero attached hydrogens (tertiary/aromatic N) is 1. The summed E-state index contributed by atoms with van der Waals surface area (Å²) in [5.41, 5.74) is 3.37. The predicted molar refractivity (Wildman–Crippen MR) is 46.3 cm³/mol. The van der Waals surface area contributed by atoms with Crippen LogP contribution in [0.5, 0.6) is 0 Å². The molecule has 0 aliphatic rings. The zero-order valence-corrected chi connectivity index (χ0v) is 7.43. The van der Waals surface area contributed by atoms with Crippen LogP contribution in [-0.2, 0) is 16.1 Å². The molecule has 1 aromatic rings. The van der Waals surface area contributed by atoms with Gasteiger partial charge in [-0.25, -0.2) is 5.84 Å². The molecule has 0 radical (unpaired) electrons. The summed E-state index contributed by atoms with van der Waals surface area (Å²) >= 11 is 1.40. The van der Waals surface area contributed by atoms with Crippen molar-refractivity contribution in [1.29, 1.82) is 0 Å². The number of amides is 2. The normalized spacial score (nSPS) is 9.31. The van der Waals surface area contributed by atoms with E-state index in [1.54, 1.807) is 17.1 Å². The van der Waals surface area contributed by atoms with Crippen molar-refractivity contribution in [1.82, 2.24) is 15.7 Å². The second-order valence-corrected chi connectivity index (χ2v) is 3.09. The van der Waals surface area contributed by atoms with Crippen LogP contribution in [0.3, 0.4) is 0 Å². The molecule has 1 rings (SSSR count). The molecule has 13 heavy (non-hydrogen) atoms. The Labute approximate surface area is 78.1 Å². The predicted octanol–water partition coefficient (Wildman–Crippen LogP) is -1.25. The van der Waals surface area contributed by atoms with E-state index in [4.69, 9.17) is 5.84 Å². The van der Waals surface area contributed by atoms with Crippen LogP contribution in [0, 0.1) is 0 Å². The average Bonchev–Trinajstić information content (AvgIpc) is 2.65. The Morgan fingerprint density at radius 3 is 2.85 bits per heavy atom. The van der Waals surface area contributed by atoms with Crippen LogP contribution in [0.1, 0.15) is 4.88 Å². The van der Waals surface area contributed by atoms with E-state index in [9.17, 15) is 9.59 Å². The van der Waals surface area contributed by atoms with Crippen molar-refractivity contribution in [3.63, 3.8) is 0 Å². The minimum atomic E-state index is -0.857. The van der Waals surface area contributed by atoms with E-state index in [0.717, 1.165) is 4.88 Å². The third-order valence-electron chi connectivity index (χ3n) is 1.24. The molecule has 0 aliphatic heterocycles. The van der Waals surface area contributed by atoms with Crippen LogP contribution >= 0.6 is 11.3 Å². The smallest absolute Gasteiger partial charge is 0.323 e. The van der Waals surface area contributed by atoms with Crippen molar-refractivity contribution in [2.24, 2.45) is 5.84 Å². The minimum absolute atomic E-state index is 0.289. The largest absolute Gasteiger partial charge is 0.343 e. The Bertz CT molecular complexity index is 298. The van der Waals surface area contributed by atoms with Gasteiger partial charge in [-0.2, -0.15) is 0 Å². The molecule has 0 spiro atoms. The number of nitrogens with two attached hydrogens (primary N) is 1. The highest BCUT2D eigenvalue weighted by atomic mass is 32.1. The highest BCUT2D eigenvalue weighted by Crippen LogP contribution is 2.03. The summed E-state index contributed by atoms with van der Waals surface area (Å²) in [5.74, 6) is 3.14. The maximum Gasteiger partial charge on any atom is 0.323 e. The molecule has 0 saturated heterocycles. The summed E-state index contributed by atoms with van der Waals surface area (Å²) in [4.78, 5) is 26.1. The van der Waals surface area contributed by atoms with Gasteiger partial charge in [-0.15, -0.1) is 11.3 Å². The first kappa shape index (κ1) is 9.62. The first-order valence-corrected chi connectivity index (χ1v) is 4.28. The second kappa shape index (κ2) is 4.53. The standard InChI is InChI=1S/C6H8N4O2S/c7-10-6(12)5(11)9-2-4-1-8-3-13-4/h1,3H,2,7H2,(H,9,11)(H,10,12). The second-order valence-electron chi connectivity index (χ2n) is 2.12. The van der Waals surface area contributed by atoms with E-state index in [-0.39, 0.29) is 6.54 Å². The fraction of sp³-hybridized carbons (Fsp3) is 0.167. The van der Waals surface area contributed by atoms with Gasteiger partial charge in [0.15, 0.2) is 0 Å². The molecular formula is C6H8N4O2S. The maximum absolute atomic E-state index is 10.9. The molecule has 1 aromatic heterocycles. The lowest BCUT2D eigenvalue weighted by molar-refractivity contribution is -0.139. The molecule has 0 atom stereocenters. The Balaban J connectivity index is 2.35. The van der Waals surface area contributed by atoms with Crippen molar-refractivity contribution in [2.45, 2.75) is 6.54 Å². The van der Waals surface area contributed by atoms with Crippen LogP contribution < -0.4 is 16.6 Å². The number of hydrazine groups is 1. The summed E-state index contributed by atoms with van der Waals surface area (Å²) < 4.78 is 0. The van der Waals surface area contributed by atoms with Crippen LogP contribution in [0.15, 0.2) is 11.7 Å². The van der Waals surface area contributed by atoms with Crippen molar-refractivity contribution < 1.29 is 9.59 Å². The first-order valence-electron chi connectivity index (χ1n) is 3.40. The highest BCUT2D eigenvalue weighted by molar-refractivity contribution is 7.09. The number of carbonyl (C=O) groups is 2. The minimum Gasteiger partial charge on any atom is -0.343 e. The van der Waals surface area contributed by atoms with Gasteiger partial charge in [0.1, 0.15) is 0 Å². The Hall–Kier alpha value is -1.47. The lowest BCUT2D eigenvalue weighted by Crippen LogP contribution is -2.42. The van der Waals surface area contributed by atoms with Crippen molar-refractivity contribution in [3.8, 4) is 0 Å². The van der Waals surface area contributed by atoms with Gasteiger partial charge in [-0.05, 0) is 0 Å². The van der Waals surface area contributed by atoms with Crippen molar-refractivity contribution in [2.75, 3.05) is 0 Å². The van der Waals surface area contributed by atoms with E-state index < -0.39 is 11.8 Å². The van der Waals surface area contributed by atoms with E-state index >= 15 is 0 Å². The van der Waals surface area contributed by atoms with E-state index in [1.165, 1.54) is 11.3 Å². The molecule has 0 aromatic carbocycles. The summed E-state index contributed by atoms with van der Waals surface area (Å²) in [6, 6.07) is 0. The molecule has 0 unspecified atom stereocenters. The number of hydrogen-bond acceptors (Lipinski definition) is 5. The fourth-order valence-electron chi connectivity index (χ4n) is 0.643. The van der Waals surface area contributed by atoms with Gasteiger partial charge in [0, 0.05) is 11.1 Å². The lowest BCUT2D eigenvalue weighted by Gasteiger charge is -2.00. The number of rotatable bonds is 2. The van der Waals surface area contributed by atoms with Crippen LogP contribution in [0.25, 0.3) is 0 Å². The number of nitrogens with one attached hydrogen (secondary N) is 2. The van der Waals surface area contributed by atoms with Crippen LogP contribution in [0.2, 0.25) is 0 Å². The molecule has 1 heterocycles. The van der Waals surface area contributed by atoms with E-state index in [1.807, 2.05) is 0 Å². The van der Waals surface area contributed by atoms with Crippen LogP contribution in [0.4, 0.5) is 0 Å². The quantitative estimate of drug-likeness (QED) is 0.240. The molecule has 0 saturated carbocycles. The Kier molecular flexibility index (Phi) is 3.35. The molecule has 7 heteroatoms. The molecule has 0 bridgehead atoms. The molecule has 4 N–H and O–H groups in total. The van der Waals surface area contributed by atoms with Crippen LogP contribution in [-0.4, -0.2) is 16.8 Å². The molecular weight excluding hydrogens is 192 g/mol. The third-order valence-corrected chi connectivity index (χ3v) is 2.02. The van der Waals surface area contributed by atoms with Gasteiger partial charge in [0.05, 0.1) is 12.1 Å². The lowest BCUT2D eigenvalue weighted by atomic mass is 10.5. The van der Waals surface area contributed by atoms with E-state index in [2.05, 4.69) is 10.3 Å². The van der Waals surface area contributed by atoms with E-state index in [0.29, 0.717) is 0 Å².